The van der Waals surface area contributed by atoms with Gasteiger partial charge >= 0.3 is 0 Å². The van der Waals surface area contributed by atoms with Crippen molar-refractivity contribution >= 4 is 5.91 Å². The molecule has 2 aromatic heterocycles. The van der Waals surface area contributed by atoms with Gasteiger partial charge in [0.2, 0.25) is 0 Å². The van der Waals surface area contributed by atoms with Crippen LogP contribution in [0.25, 0.3) is 0 Å². The van der Waals surface area contributed by atoms with Gasteiger partial charge in [-0.25, -0.2) is 9.97 Å². The fourth-order valence-corrected chi connectivity index (χ4v) is 3.27. The minimum Gasteiger partial charge on any atom is -0.390 e. The standard InChI is InChI=1S/C19H27N5O3/c1-11(2)18-20-7-14(8-21-18)19(26)22-16-5-6-24(10-17(16)25)9-15-12(3)23-27-13(15)4/h7-8,11,16-17,25H,5-6,9-10H2,1-4H3,(H,22,26)/t16-,17-/m1/s1. The van der Waals surface area contributed by atoms with Crippen molar-refractivity contribution < 1.29 is 14.4 Å². The molecule has 0 aromatic carbocycles. The molecular formula is C19H27N5O3. The van der Waals surface area contributed by atoms with Crippen LogP contribution in [0.5, 0.6) is 0 Å². The lowest BCUT2D eigenvalue weighted by atomic mass is 10.0. The van der Waals surface area contributed by atoms with Gasteiger partial charge in [-0.2, -0.15) is 0 Å². The van der Waals surface area contributed by atoms with Crippen LogP contribution in [0.3, 0.4) is 0 Å². The van der Waals surface area contributed by atoms with Crippen LogP contribution in [-0.2, 0) is 6.54 Å². The second-order valence-corrected chi connectivity index (χ2v) is 7.46. The van der Waals surface area contributed by atoms with Gasteiger partial charge < -0.3 is 14.9 Å². The van der Waals surface area contributed by atoms with Crippen LogP contribution in [0, 0.1) is 13.8 Å². The quantitative estimate of drug-likeness (QED) is 0.820. The number of likely N-dealkylation sites (tertiary alicyclic amines) is 1. The van der Waals surface area contributed by atoms with Gasteiger partial charge in [-0.05, 0) is 20.3 Å². The summed E-state index contributed by atoms with van der Waals surface area (Å²) in [7, 11) is 0. The summed E-state index contributed by atoms with van der Waals surface area (Å²) in [6.07, 6.45) is 3.10. The fraction of sp³-hybridized carbons (Fsp3) is 0.579. The van der Waals surface area contributed by atoms with Gasteiger partial charge in [0.15, 0.2) is 0 Å². The lowest BCUT2D eigenvalue weighted by Crippen LogP contribution is -2.53. The first kappa shape index (κ1) is 19.4. The number of hydrogen-bond acceptors (Lipinski definition) is 7. The third-order valence-electron chi connectivity index (χ3n) is 5.00. The Morgan fingerprint density at radius 1 is 1.37 bits per heavy atom. The number of carbonyl (C=O) groups excluding carboxylic acids is 1. The summed E-state index contributed by atoms with van der Waals surface area (Å²) in [5.41, 5.74) is 2.35. The maximum atomic E-state index is 12.4. The van der Waals surface area contributed by atoms with Crippen molar-refractivity contribution in [3.63, 3.8) is 0 Å². The molecule has 8 nitrogen and oxygen atoms in total. The Morgan fingerprint density at radius 2 is 2.07 bits per heavy atom. The van der Waals surface area contributed by atoms with Gasteiger partial charge in [0.1, 0.15) is 11.6 Å². The molecule has 3 heterocycles. The second-order valence-electron chi connectivity index (χ2n) is 7.46. The number of carbonyl (C=O) groups is 1. The van der Waals surface area contributed by atoms with Crippen molar-refractivity contribution in [1.82, 2.24) is 25.3 Å². The lowest BCUT2D eigenvalue weighted by molar-refractivity contribution is 0.0347. The van der Waals surface area contributed by atoms with Crippen LogP contribution in [0.15, 0.2) is 16.9 Å². The summed E-state index contributed by atoms with van der Waals surface area (Å²) in [4.78, 5) is 23.0. The zero-order valence-corrected chi connectivity index (χ0v) is 16.3. The highest BCUT2D eigenvalue weighted by molar-refractivity contribution is 5.93. The molecule has 0 radical (unpaired) electrons. The van der Waals surface area contributed by atoms with Gasteiger partial charge in [-0.15, -0.1) is 0 Å². The Labute approximate surface area is 159 Å². The van der Waals surface area contributed by atoms with E-state index in [1.54, 1.807) is 0 Å². The van der Waals surface area contributed by atoms with Crippen LogP contribution in [-0.4, -0.2) is 56.3 Å². The third-order valence-corrected chi connectivity index (χ3v) is 5.00. The zero-order valence-electron chi connectivity index (χ0n) is 16.3. The number of aryl methyl sites for hydroxylation is 2. The van der Waals surface area contributed by atoms with Crippen molar-refractivity contribution in [2.24, 2.45) is 0 Å². The van der Waals surface area contributed by atoms with E-state index < -0.39 is 6.10 Å². The van der Waals surface area contributed by atoms with Gasteiger partial charge in [-0.1, -0.05) is 19.0 Å². The number of β-amino-alcohol motifs (C(OH)–C–C–N with tert-alkyl or cyclic N) is 1. The molecule has 27 heavy (non-hydrogen) atoms. The van der Waals surface area contributed by atoms with Crippen LogP contribution >= 0.6 is 0 Å². The minimum atomic E-state index is -0.640. The van der Waals surface area contributed by atoms with Crippen molar-refractivity contribution in [1.29, 1.82) is 0 Å². The summed E-state index contributed by atoms with van der Waals surface area (Å²) >= 11 is 0. The monoisotopic (exact) mass is 373 g/mol. The third kappa shape index (κ3) is 4.51. The smallest absolute Gasteiger partial charge is 0.254 e. The molecule has 0 aliphatic carbocycles. The second kappa shape index (κ2) is 8.14. The molecule has 1 aliphatic rings. The fourth-order valence-electron chi connectivity index (χ4n) is 3.27. The van der Waals surface area contributed by atoms with Crippen LogP contribution in [0.2, 0.25) is 0 Å². The maximum absolute atomic E-state index is 12.4. The summed E-state index contributed by atoms with van der Waals surface area (Å²) in [6, 6.07) is -0.289. The average Bonchev–Trinajstić information content (AvgIpc) is 2.96. The maximum Gasteiger partial charge on any atom is 0.254 e. The lowest BCUT2D eigenvalue weighted by Gasteiger charge is -2.36. The van der Waals surface area contributed by atoms with Crippen molar-refractivity contribution in [2.45, 2.75) is 58.7 Å². The molecular weight excluding hydrogens is 346 g/mol. The predicted molar refractivity (Wildman–Crippen MR) is 99.3 cm³/mol. The number of aliphatic hydroxyl groups is 1. The Morgan fingerprint density at radius 3 is 2.63 bits per heavy atom. The van der Waals surface area contributed by atoms with E-state index in [1.165, 1.54) is 12.4 Å². The number of aromatic nitrogens is 3. The topological polar surface area (TPSA) is 104 Å². The highest BCUT2D eigenvalue weighted by Crippen LogP contribution is 2.19. The molecule has 2 atom stereocenters. The predicted octanol–water partition coefficient (Wildman–Crippen LogP) is 1.57. The van der Waals surface area contributed by atoms with E-state index in [0.29, 0.717) is 30.9 Å². The Kier molecular flexibility index (Phi) is 5.86. The van der Waals surface area contributed by atoms with E-state index in [2.05, 4.69) is 25.3 Å². The van der Waals surface area contributed by atoms with E-state index >= 15 is 0 Å². The molecule has 2 N–H and O–H groups in total. The highest BCUT2D eigenvalue weighted by atomic mass is 16.5. The highest BCUT2D eigenvalue weighted by Gasteiger charge is 2.30. The number of amides is 1. The molecule has 0 saturated carbocycles. The summed E-state index contributed by atoms with van der Waals surface area (Å²) in [5, 5.41) is 17.4. The molecule has 2 aromatic rings. The van der Waals surface area contributed by atoms with Crippen molar-refractivity contribution in [3.05, 3.63) is 40.8 Å². The Bertz CT molecular complexity index is 768. The largest absolute Gasteiger partial charge is 0.390 e. The van der Waals surface area contributed by atoms with Crippen LogP contribution in [0.1, 0.15) is 59.4 Å². The number of hydrogen-bond donors (Lipinski definition) is 2. The molecule has 146 valence electrons. The molecule has 0 unspecified atom stereocenters. The zero-order chi connectivity index (χ0) is 19.6. The van der Waals surface area contributed by atoms with E-state index in [9.17, 15) is 9.90 Å². The van der Waals surface area contributed by atoms with E-state index in [1.807, 2.05) is 27.7 Å². The summed E-state index contributed by atoms with van der Waals surface area (Å²) in [6.45, 7) is 9.76. The van der Waals surface area contributed by atoms with Crippen molar-refractivity contribution in [3.8, 4) is 0 Å². The van der Waals surface area contributed by atoms with E-state index in [4.69, 9.17) is 4.52 Å². The number of nitrogens with one attached hydrogen (secondary N) is 1. The van der Waals surface area contributed by atoms with E-state index in [0.717, 1.165) is 23.6 Å². The molecule has 1 fully saturated rings. The molecule has 1 saturated heterocycles. The van der Waals surface area contributed by atoms with Gasteiger partial charge in [0.05, 0.1) is 23.4 Å². The summed E-state index contributed by atoms with van der Waals surface area (Å²) < 4.78 is 5.20. The summed E-state index contributed by atoms with van der Waals surface area (Å²) in [5.74, 6) is 1.47. The molecule has 3 rings (SSSR count). The molecule has 0 bridgehead atoms. The number of nitrogens with zero attached hydrogens (tertiary/aromatic N) is 4. The van der Waals surface area contributed by atoms with Gasteiger partial charge in [-0.3, -0.25) is 9.69 Å². The normalized spacial score (nSPS) is 20.8. The van der Waals surface area contributed by atoms with Gasteiger partial charge in [0.25, 0.3) is 5.91 Å². The SMILES string of the molecule is Cc1noc(C)c1CN1CC[C@@H](NC(=O)c2cnc(C(C)C)nc2)[C@H](O)C1. The number of rotatable bonds is 5. The first-order chi connectivity index (χ1) is 12.8. The molecule has 1 aliphatic heterocycles. The minimum absolute atomic E-state index is 0.214. The molecule has 8 heteroatoms. The van der Waals surface area contributed by atoms with Crippen molar-refractivity contribution in [2.75, 3.05) is 13.1 Å². The number of piperidine rings is 1. The average molecular weight is 373 g/mol. The van der Waals surface area contributed by atoms with Crippen LogP contribution < -0.4 is 5.32 Å². The number of aliphatic hydroxyl groups excluding tert-OH is 1. The molecule has 1 amide bonds. The Hall–Kier alpha value is -2.32. The van der Waals surface area contributed by atoms with Gasteiger partial charge in [0, 0.05) is 43.5 Å². The Balaban J connectivity index is 1.56. The van der Waals surface area contributed by atoms with Crippen LogP contribution in [0.4, 0.5) is 0 Å². The first-order valence-corrected chi connectivity index (χ1v) is 9.30. The van der Waals surface area contributed by atoms with E-state index in [-0.39, 0.29) is 17.9 Å². The first-order valence-electron chi connectivity index (χ1n) is 9.30. The molecule has 0 spiro atoms.